The van der Waals surface area contributed by atoms with Gasteiger partial charge in [0.25, 0.3) is 5.69 Å². The second kappa shape index (κ2) is 4.53. The van der Waals surface area contributed by atoms with E-state index in [1.54, 1.807) is 0 Å². The molecule has 1 rings (SSSR count). The molecule has 0 saturated heterocycles. The molecule has 0 fully saturated rings. The minimum absolute atomic E-state index is 0.215. The Labute approximate surface area is 95.0 Å². The van der Waals surface area contributed by atoms with E-state index in [2.05, 4.69) is 17.5 Å². The molecule has 0 aliphatic rings. The quantitative estimate of drug-likeness (QED) is 0.409. The van der Waals surface area contributed by atoms with Crippen LogP contribution in [0.3, 0.4) is 0 Å². The van der Waals surface area contributed by atoms with Gasteiger partial charge in [-0.3, -0.25) is 10.1 Å². The molecule has 0 aliphatic heterocycles. The van der Waals surface area contributed by atoms with Crippen LogP contribution in [0.15, 0.2) is 18.2 Å². The first-order chi connectivity index (χ1) is 7.43. The van der Waals surface area contributed by atoms with Crippen LogP contribution in [-0.4, -0.2) is 21.1 Å². The number of carbonyl (C=O) groups is 1. The van der Waals surface area contributed by atoms with E-state index >= 15 is 0 Å². The topological polar surface area (TPSA) is 118 Å². The minimum atomic E-state index is -1.30. The fraction of sp³-hybridized carbons (Fsp3) is 0. The molecule has 4 N–H and O–H groups in total. The molecule has 0 aromatic heterocycles. The van der Waals surface area contributed by atoms with Gasteiger partial charge in [0.15, 0.2) is 5.11 Å². The molecular formula is C8H7N3O4S. The zero-order chi connectivity index (χ0) is 12.3. The van der Waals surface area contributed by atoms with Crippen molar-refractivity contribution in [1.82, 2.24) is 0 Å². The summed E-state index contributed by atoms with van der Waals surface area (Å²) in [6.45, 7) is 0. The number of aromatic carboxylic acids is 1. The van der Waals surface area contributed by atoms with Gasteiger partial charge in [-0.2, -0.15) is 0 Å². The molecule has 8 heteroatoms. The maximum Gasteiger partial charge on any atom is 0.338 e. The third kappa shape index (κ3) is 2.42. The number of rotatable bonds is 3. The molecular weight excluding hydrogens is 234 g/mol. The van der Waals surface area contributed by atoms with Crippen LogP contribution in [0.25, 0.3) is 0 Å². The number of hydrogen-bond donors (Lipinski definition) is 3. The van der Waals surface area contributed by atoms with E-state index in [9.17, 15) is 14.9 Å². The average molecular weight is 241 g/mol. The van der Waals surface area contributed by atoms with Gasteiger partial charge in [-0.25, -0.2) is 4.79 Å². The van der Waals surface area contributed by atoms with Gasteiger partial charge in [-0.05, 0) is 18.3 Å². The van der Waals surface area contributed by atoms with E-state index in [0.29, 0.717) is 0 Å². The van der Waals surface area contributed by atoms with Crippen molar-refractivity contribution in [3.05, 3.63) is 33.9 Å². The van der Waals surface area contributed by atoms with Gasteiger partial charge >= 0.3 is 5.97 Å². The molecule has 1 aromatic carbocycles. The van der Waals surface area contributed by atoms with Crippen molar-refractivity contribution >= 4 is 34.7 Å². The smallest absolute Gasteiger partial charge is 0.338 e. The summed E-state index contributed by atoms with van der Waals surface area (Å²) in [4.78, 5) is 20.8. The number of nitrogens with two attached hydrogens (primary N) is 1. The summed E-state index contributed by atoms with van der Waals surface area (Å²) in [5, 5.41) is 21.6. The molecule has 0 unspecified atom stereocenters. The van der Waals surface area contributed by atoms with Crippen molar-refractivity contribution in [2.24, 2.45) is 5.73 Å². The van der Waals surface area contributed by atoms with Crippen LogP contribution in [0.1, 0.15) is 10.4 Å². The van der Waals surface area contributed by atoms with E-state index in [4.69, 9.17) is 10.8 Å². The number of para-hydroxylation sites is 1. The van der Waals surface area contributed by atoms with Gasteiger partial charge in [0.1, 0.15) is 5.69 Å². The van der Waals surface area contributed by atoms with E-state index in [1.165, 1.54) is 12.1 Å². The molecule has 84 valence electrons. The maximum absolute atomic E-state index is 10.8. The third-order valence-corrected chi connectivity index (χ3v) is 1.82. The van der Waals surface area contributed by atoms with Gasteiger partial charge in [-0.1, -0.05) is 6.07 Å². The van der Waals surface area contributed by atoms with Crippen LogP contribution < -0.4 is 11.1 Å². The van der Waals surface area contributed by atoms with E-state index in [-0.39, 0.29) is 16.4 Å². The lowest BCUT2D eigenvalue weighted by Crippen LogP contribution is -2.21. The van der Waals surface area contributed by atoms with E-state index in [0.717, 1.165) is 6.07 Å². The monoisotopic (exact) mass is 241 g/mol. The van der Waals surface area contributed by atoms with Crippen molar-refractivity contribution < 1.29 is 14.8 Å². The van der Waals surface area contributed by atoms with Crippen molar-refractivity contribution in [3.63, 3.8) is 0 Å². The number of nitrogens with zero attached hydrogens (tertiary/aromatic N) is 1. The van der Waals surface area contributed by atoms with Crippen LogP contribution in [0.2, 0.25) is 0 Å². The molecule has 1 aromatic rings. The second-order valence-electron chi connectivity index (χ2n) is 2.75. The number of thiocarbonyl (C=S) groups is 1. The Hall–Kier alpha value is -2.22. The number of carboxylic acid groups (broad SMARTS) is 1. The maximum atomic E-state index is 10.8. The molecule has 0 radical (unpaired) electrons. The van der Waals surface area contributed by atoms with Crippen molar-refractivity contribution in [3.8, 4) is 0 Å². The van der Waals surface area contributed by atoms with Gasteiger partial charge in [-0.15, -0.1) is 0 Å². The lowest BCUT2D eigenvalue weighted by atomic mass is 10.1. The Morgan fingerprint density at radius 2 is 2.19 bits per heavy atom. The molecule has 0 atom stereocenters. The summed E-state index contributed by atoms with van der Waals surface area (Å²) in [5.74, 6) is -1.30. The first-order valence-corrected chi connectivity index (χ1v) is 4.41. The first kappa shape index (κ1) is 11.9. The first-order valence-electron chi connectivity index (χ1n) is 4.00. The van der Waals surface area contributed by atoms with Gasteiger partial charge < -0.3 is 16.2 Å². The summed E-state index contributed by atoms with van der Waals surface area (Å²) >= 11 is 4.52. The number of carboxylic acids is 1. The number of nitrogens with one attached hydrogen (secondary N) is 1. The fourth-order valence-corrected chi connectivity index (χ4v) is 1.23. The standard InChI is InChI=1S/C8H7N3O4S/c9-8(16)10-6-4(7(12)13)2-1-3-5(6)11(14)15/h1-3H,(H,12,13)(H3,9,10,16). The van der Waals surface area contributed by atoms with Crippen LogP contribution >= 0.6 is 12.2 Å². The highest BCUT2D eigenvalue weighted by molar-refractivity contribution is 7.80. The minimum Gasteiger partial charge on any atom is -0.478 e. The molecule has 0 heterocycles. The van der Waals surface area contributed by atoms with Crippen LogP contribution in [0.5, 0.6) is 0 Å². The third-order valence-electron chi connectivity index (χ3n) is 1.72. The predicted octanol–water partition coefficient (Wildman–Crippen LogP) is 0.949. The summed E-state index contributed by atoms with van der Waals surface area (Å²) < 4.78 is 0. The predicted molar refractivity (Wildman–Crippen MR) is 60.5 cm³/mol. The Bertz CT molecular complexity index is 442. The summed E-state index contributed by atoms with van der Waals surface area (Å²) in [5.41, 5.74) is 4.29. The number of benzene rings is 1. The molecule has 0 saturated carbocycles. The van der Waals surface area contributed by atoms with E-state index in [1.807, 2.05) is 0 Å². The van der Waals surface area contributed by atoms with Crippen molar-refractivity contribution in [1.29, 1.82) is 0 Å². The molecule has 0 spiro atoms. The zero-order valence-corrected chi connectivity index (χ0v) is 8.65. The second-order valence-corrected chi connectivity index (χ2v) is 3.19. The molecule has 16 heavy (non-hydrogen) atoms. The van der Waals surface area contributed by atoms with Crippen molar-refractivity contribution in [2.45, 2.75) is 0 Å². The fourth-order valence-electron chi connectivity index (χ4n) is 1.13. The Kier molecular flexibility index (Phi) is 3.36. The lowest BCUT2D eigenvalue weighted by molar-refractivity contribution is -0.383. The largest absolute Gasteiger partial charge is 0.478 e. The number of nitro groups is 1. The highest BCUT2D eigenvalue weighted by atomic mass is 32.1. The highest BCUT2D eigenvalue weighted by Gasteiger charge is 2.21. The van der Waals surface area contributed by atoms with Crippen LogP contribution in [-0.2, 0) is 0 Å². The SMILES string of the molecule is NC(=S)Nc1c(C(=O)O)cccc1[N+](=O)[O-]. The van der Waals surface area contributed by atoms with Gasteiger partial charge in [0.05, 0.1) is 10.5 Å². The molecule has 7 nitrogen and oxygen atoms in total. The molecule has 0 amide bonds. The summed E-state index contributed by atoms with van der Waals surface area (Å²) in [6.07, 6.45) is 0. The van der Waals surface area contributed by atoms with Gasteiger partial charge in [0.2, 0.25) is 0 Å². The Morgan fingerprint density at radius 3 is 2.62 bits per heavy atom. The molecule has 0 aliphatic carbocycles. The number of hydrogen-bond acceptors (Lipinski definition) is 4. The highest BCUT2D eigenvalue weighted by Crippen LogP contribution is 2.28. The Morgan fingerprint density at radius 1 is 1.56 bits per heavy atom. The van der Waals surface area contributed by atoms with Crippen molar-refractivity contribution in [2.75, 3.05) is 5.32 Å². The molecule has 0 bridgehead atoms. The Balaban J connectivity index is 3.40. The average Bonchev–Trinajstić information content (AvgIpc) is 2.16. The number of nitro benzene ring substituents is 1. The van der Waals surface area contributed by atoms with Crippen LogP contribution in [0, 0.1) is 10.1 Å². The summed E-state index contributed by atoms with van der Waals surface area (Å²) in [7, 11) is 0. The normalized spacial score (nSPS) is 9.50. The van der Waals surface area contributed by atoms with E-state index < -0.39 is 16.6 Å². The zero-order valence-electron chi connectivity index (χ0n) is 7.84. The van der Waals surface area contributed by atoms with Crippen LogP contribution in [0.4, 0.5) is 11.4 Å². The number of anilines is 1. The van der Waals surface area contributed by atoms with Gasteiger partial charge in [0, 0.05) is 6.07 Å². The summed E-state index contributed by atoms with van der Waals surface area (Å²) in [6, 6.07) is 3.65. The lowest BCUT2D eigenvalue weighted by Gasteiger charge is -2.07.